The molecule has 1 aromatic carbocycles. The van der Waals surface area contributed by atoms with Gasteiger partial charge in [0.25, 0.3) is 0 Å². The molecule has 19 heavy (non-hydrogen) atoms. The van der Waals surface area contributed by atoms with Crippen molar-refractivity contribution >= 4 is 12.3 Å². The molecule has 6 nitrogen and oxygen atoms in total. The molecule has 1 aliphatic rings. The van der Waals surface area contributed by atoms with E-state index in [1.807, 2.05) is 0 Å². The highest BCUT2D eigenvalue weighted by atomic mass is 16.6. The number of aldehydes is 1. The zero-order valence-corrected chi connectivity index (χ0v) is 10.3. The summed E-state index contributed by atoms with van der Waals surface area (Å²) in [4.78, 5) is 21.5. The molecular weight excluding hydrogens is 250 g/mol. The van der Waals surface area contributed by atoms with Crippen LogP contribution in [0.3, 0.4) is 0 Å². The van der Waals surface area contributed by atoms with Crippen molar-refractivity contribution in [1.29, 1.82) is 0 Å². The van der Waals surface area contributed by atoms with Crippen LogP contribution in [0.25, 0.3) is 0 Å². The van der Waals surface area contributed by atoms with Crippen LogP contribution >= 0.6 is 0 Å². The van der Waals surface area contributed by atoms with Crippen LogP contribution in [0, 0.1) is 0 Å². The fraction of sp³-hybridized carbons (Fsp3) is 0.385. The van der Waals surface area contributed by atoms with Gasteiger partial charge < -0.3 is 20.3 Å². The first-order chi connectivity index (χ1) is 9.13. The number of aliphatic carboxylic acids is 1. The number of hydrogen-bond donors (Lipinski definition) is 2. The zero-order chi connectivity index (χ0) is 13.8. The minimum atomic E-state index is -0.897. The van der Waals surface area contributed by atoms with Crippen molar-refractivity contribution in [2.45, 2.75) is 18.9 Å². The predicted molar refractivity (Wildman–Crippen MR) is 66.6 cm³/mol. The van der Waals surface area contributed by atoms with Crippen molar-refractivity contribution in [2.24, 2.45) is 5.73 Å². The van der Waals surface area contributed by atoms with E-state index < -0.39 is 12.0 Å². The van der Waals surface area contributed by atoms with Gasteiger partial charge in [-0.25, -0.2) is 0 Å². The van der Waals surface area contributed by atoms with Gasteiger partial charge in [-0.15, -0.1) is 0 Å². The average molecular weight is 265 g/mol. The van der Waals surface area contributed by atoms with Crippen molar-refractivity contribution in [3.05, 3.63) is 23.3 Å². The Morgan fingerprint density at radius 2 is 2.05 bits per heavy atom. The molecule has 6 heteroatoms. The molecule has 3 N–H and O–H groups in total. The Morgan fingerprint density at radius 3 is 2.68 bits per heavy atom. The molecule has 0 radical (unpaired) electrons. The quantitative estimate of drug-likeness (QED) is 0.774. The minimum Gasteiger partial charge on any atom is -0.486 e. The Labute approximate surface area is 110 Å². The van der Waals surface area contributed by atoms with E-state index in [0.717, 1.165) is 0 Å². The van der Waals surface area contributed by atoms with Crippen LogP contribution in [0.5, 0.6) is 11.5 Å². The summed E-state index contributed by atoms with van der Waals surface area (Å²) in [6, 6.07) is 2.83. The van der Waals surface area contributed by atoms with E-state index in [4.69, 9.17) is 20.3 Å². The van der Waals surface area contributed by atoms with Gasteiger partial charge >= 0.3 is 5.97 Å². The van der Waals surface area contributed by atoms with E-state index in [1.54, 1.807) is 12.1 Å². The Hall–Kier alpha value is -2.08. The van der Waals surface area contributed by atoms with Gasteiger partial charge in [0.15, 0.2) is 17.8 Å². The van der Waals surface area contributed by atoms with Crippen LogP contribution in [0.1, 0.15) is 34.8 Å². The summed E-state index contributed by atoms with van der Waals surface area (Å²) < 4.78 is 10.9. The summed E-state index contributed by atoms with van der Waals surface area (Å²) in [6.07, 6.45) is 0.970. The fourth-order valence-electron chi connectivity index (χ4n) is 2.00. The number of carboxylic acid groups (broad SMARTS) is 1. The molecule has 1 aliphatic heterocycles. The lowest BCUT2D eigenvalue weighted by molar-refractivity contribution is -0.137. The highest BCUT2D eigenvalue weighted by molar-refractivity contribution is 5.82. The summed E-state index contributed by atoms with van der Waals surface area (Å²) in [5.41, 5.74) is 7.05. The van der Waals surface area contributed by atoms with Crippen LogP contribution in [-0.4, -0.2) is 30.6 Å². The predicted octanol–water partition coefficient (Wildman–Crippen LogP) is 1.13. The molecule has 2 rings (SSSR count). The molecule has 0 saturated carbocycles. The van der Waals surface area contributed by atoms with Gasteiger partial charge in [0.05, 0.1) is 5.56 Å². The lowest BCUT2D eigenvalue weighted by atomic mass is 9.99. The van der Waals surface area contributed by atoms with Gasteiger partial charge in [-0.2, -0.15) is 0 Å². The van der Waals surface area contributed by atoms with Gasteiger partial charge in [-0.05, 0) is 12.5 Å². The Bertz CT molecular complexity index is 500. The van der Waals surface area contributed by atoms with E-state index in [2.05, 4.69) is 0 Å². The second-order valence-corrected chi connectivity index (χ2v) is 4.26. The van der Waals surface area contributed by atoms with Gasteiger partial charge in [0.2, 0.25) is 0 Å². The molecule has 0 spiro atoms. The summed E-state index contributed by atoms with van der Waals surface area (Å²) in [6.45, 7) is 0.760. The van der Waals surface area contributed by atoms with Gasteiger partial charge in [-0.1, -0.05) is 6.07 Å². The van der Waals surface area contributed by atoms with Crippen molar-refractivity contribution in [3.63, 3.8) is 0 Å². The van der Waals surface area contributed by atoms with Crippen molar-refractivity contribution in [3.8, 4) is 11.5 Å². The van der Waals surface area contributed by atoms with Crippen LogP contribution in [0.15, 0.2) is 12.1 Å². The van der Waals surface area contributed by atoms with Crippen LogP contribution in [0.2, 0.25) is 0 Å². The number of carboxylic acids is 1. The van der Waals surface area contributed by atoms with Crippen LogP contribution in [-0.2, 0) is 4.79 Å². The molecular formula is C13H15NO5. The molecule has 0 amide bonds. The molecule has 0 fully saturated rings. The Balaban J connectivity index is 2.30. The van der Waals surface area contributed by atoms with Crippen LogP contribution < -0.4 is 15.2 Å². The van der Waals surface area contributed by atoms with Gasteiger partial charge in [-0.3, -0.25) is 9.59 Å². The van der Waals surface area contributed by atoms with E-state index in [1.165, 1.54) is 0 Å². The molecule has 0 aliphatic carbocycles. The number of nitrogens with two attached hydrogens (primary N) is 1. The zero-order valence-electron chi connectivity index (χ0n) is 10.3. The summed E-state index contributed by atoms with van der Waals surface area (Å²) >= 11 is 0. The lowest BCUT2D eigenvalue weighted by Crippen LogP contribution is -2.21. The smallest absolute Gasteiger partial charge is 0.303 e. The fourth-order valence-corrected chi connectivity index (χ4v) is 2.00. The minimum absolute atomic E-state index is 0.0216. The maximum Gasteiger partial charge on any atom is 0.303 e. The summed E-state index contributed by atoms with van der Waals surface area (Å²) in [5.74, 6) is -0.0516. The van der Waals surface area contributed by atoms with Crippen molar-refractivity contribution in [2.75, 3.05) is 13.2 Å². The second kappa shape index (κ2) is 5.71. The third-order valence-corrected chi connectivity index (χ3v) is 2.94. The highest BCUT2D eigenvalue weighted by Gasteiger charge is 2.23. The number of rotatable bonds is 5. The molecule has 1 unspecified atom stereocenters. The monoisotopic (exact) mass is 265 g/mol. The van der Waals surface area contributed by atoms with Gasteiger partial charge in [0.1, 0.15) is 13.2 Å². The summed E-state index contributed by atoms with van der Waals surface area (Å²) in [5, 5.41) is 8.67. The number of ether oxygens (including phenoxy) is 2. The third-order valence-electron chi connectivity index (χ3n) is 2.94. The average Bonchev–Trinajstić information content (AvgIpc) is 2.43. The largest absolute Gasteiger partial charge is 0.486 e. The SMILES string of the molecule is NC(CCC(=O)O)c1ccc(C=O)c2c1OCCO2. The lowest BCUT2D eigenvalue weighted by Gasteiger charge is -2.24. The Kier molecular flexibility index (Phi) is 4.01. The molecule has 1 aromatic rings. The van der Waals surface area contributed by atoms with Crippen LogP contribution in [0.4, 0.5) is 0 Å². The number of benzene rings is 1. The second-order valence-electron chi connectivity index (χ2n) is 4.26. The first-order valence-corrected chi connectivity index (χ1v) is 5.98. The highest BCUT2D eigenvalue weighted by Crippen LogP contribution is 2.39. The number of carbonyl (C=O) groups excluding carboxylic acids is 1. The van der Waals surface area contributed by atoms with E-state index in [-0.39, 0.29) is 6.42 Å². The third kappa shape index (κ3) is 2.85. The molecule has 102 valence electrons. The molecule has 0 aromatic heterocycles. The van der Waals surface area contributed by atoms with E-state index in [9.17, 15) is 9.59 Å². The molecule has 0 bridgehead atoms. The van der Waals surface area contributed by atoms with Crippen molar-refractivity contribution < 1.29 is 24.2 Å². The maximum atomic E-state index is 10.9. The first-order valence-electron chi connectivity index (χ1n) is 5.98. The van der Waals surface area contributed by atoms with Crippen molar-refractivity contribution in [1.82, 2.24) is 0 Å². The molecule has 1 atom stereocenters. The molecule has 0 saturated heterocycles. The first kappa shape index (κ1) is 13.4. The Morgan fingerprint density at radius 1 is 1.37 bits per heavy atom. The summed E-state index contributed by atoms with van der Waals surface area (Å²) in [7, 11) is 0. The normalized spacial score (nSPS) is 14.8. The number of hydrogen-bond acceptors (Lipinski definition) is 5. The number of fused-ring (bicyclic) bond motifs is 1. The van der Waals surface area contributed by atoms with Gasteiger partial charge in [0, 0.05) is 18.0 Å². The topological polar surface area (TPSA) is 98.9 Å². The van der Waals surface area contributed by atoms with E-state index in [0.29, 0.717) is 48.5 Å². The van der Waals surface area contributed by atoms with E-state index >= 15 is 0 Å². The maximum absolute atomic E-state index is 10.9. The standard InChI is InChI=1S/C13H15NO5/c14-10(3-4-11(16)17)9-2-1-8(7-15)12-13(9)19-6-5-18-12/h1-2,7,10H,3-6,14H2,(H,16,17). The molecule has 1 heterocycles. The number of carbonyl (C=O) groups is 2.